The summed E-state index contributed by atoms with van der Waals surface area (Å²) in [4.78, 5) is 9.00. The van der Waals surface area contributed by atoms with Crippen molar-refractivity contribution in [2.45, 2.75) is 6.18 Å². The predicted molar refractivity (Wildman–Crippen MR) is 21.7 cm³/mol. The second kappa shape index (κ2) is 2.44. The van der Waals surface area contributed by atoms with E-state index in [1.165, 1.54) is 4.79 Å². The van der Waals surface area contributed by atoms with Crippen molar-refractivity contribution in [3.05, 3.63) is 15.6 Å². The van der Waals surface area contributed by atoms with Crippen molar-refractivity contribution in [2.75, 3.05) is 0 Å². The van der Waals surface area contributed by atoms with E-state index in [0.717, 1.165) is 0 Å². The van der Waals surface area contributed by atoms with Crippen molar-refractivity contribution in [3.8, 4) is 0 Å². The minimum absolute atomic E-state index is 1.45. The van der Waals surface area contributed by atoms with Crippen LogP contribution in [0.3, 0.4) is 0 Å². The highest BCUT2D eigenvalue weighted by atomic mass is 19.4. The smallest absolute Gasteiger partial charge is 0.354 e. The van der Waals surface area contributed by atoms with Gasteiger partial charge < -0.3 is 5.53 Å². The van der Waals surface area contributed by atoms with Gasteiger partial charge in [0.2, 0.25) is 0 Å². The Kier molecular flexibility index (Phi) is 2.09. The Morgan fingerprint density at radius 3 is 2.00 bits per heavy atom. The third-order valence-electron chi connectivity index (χ3n) is 0.521. The molecule has 56 valence electrons. The van der Waals surface area contributed by atoms with Gasteiger partial charge in [0.05, 0.1) is 0 Å². The van der Waals surface area contributed by atoms with E-state index in [9.17, 15) is 23.3 Å². The van der Waals surface area contributed by atoms with Gasteiger partial charge in [-0.3, -0.25) is 10.1 Å². The van der Waals surface area contributed by atoms with Crippen LogP contribution in [0, 0.1) is 10.1 Å². The average molecular weight is 155 g/mol. The zero-order valence-electron chi connectivity index (χ0n) is 4.29. The number of alkyl halides is 3. The fourth-order valence-electron chi connectivity index (χ4n) is 0.197. The van der Waals surface area contributed by atoms with Crippen molar-refractivity contribution in [2.24, 2.45) is 0 Å². The molecule has 0 aromatic rings. The van der Waals surface area contributed by atoms with Gasteiger partial charge in [-0.05, 0) is 0 Å². The summed E-state index contributed by atoms with van der Waals surface area (Å²) >= 11 is 0. The van der Waals surface area contributed by atoms with E-state index >= 15 is 0 Å². The van der Waals surface area contributed by atoms with Crippen LogP contribution in [0.25, 0.3) is 5.53 Å². The van der Waals surface area contributed by atoms with E-state index < -0.39 is 16.9 Å². The molecule has 0 aliphatic rings. The number of rotatable bonds is 0. The minimum Gasteiger partial charge on any atom is -0.354 e. The summed E-state index contributed by atoms with van der Waals surface area (Å²) in [7, 11) is 0. The SMILES string of the molecule is [N-]=[N+]=C([N+](=O)[O-])C(F)(F)F. The molecule has 0 aromatic carbocycles. The van der Waals surface area contributed by atoms with Crippen molar-refractivity contribution in [3.63, 3.8) is 0 Å². The topological polar surface area (TPSA) is 79.5 Å². The number of hydrogen-bond donors (Lipinski definition) is 0. The molecular formula is C2F3N3O2. The van der Waals surface area contributed by atoms with Gasteiger partial charge in [-0.1, -0.05) is 4.79 Å². The fourth-order valence-corrected chi connectivity index (χ4v) is 0.197. The highest BCUT2D eigenvalue weighted by Crippen LogP contribution is 2.15. The van der Waals surface area contributed by atoms with Gasteiger partial charge in [0.1, 0.15) is 4.92 Å². The molecule has 0 N–H and O–H groups in total. The van der Waals surface area contributed by atoms with Crippen LogP contribution in [0.15, 0.2) is 0 Å². The molecule has 0 aliphatic carbocycles. The second-order valence-corrected chi connectivity index (χ2v) is 1.18. The Hall–Kier alpha value is -1.43. The maximum Gasteiger partial charge on any atom is 0.685 e. The first-order valence-electron chi connectivity index (χ1n) is 1.83. The van der Waals surface area contributed by atoms with E-state index in [1.807, 2.05) is 0 Å². The highest BCUT2D eigenvalue weighted by molar-refractivity contribution is 5.73. The molecule has 0 atom stereocenters. The molecule has 0 bridgehead atoms. The lowest BCUT2D eigenvalue weighted by Gasteiger charge is -1.89. The Balaban J connectivity index is 4.74. The molecule has 0 radical (unpaired) electrons. The Labute approximate surface area is 51.8 Å². The maximum absolute atomic E-state index is 11.2. The molecule has 0 fully saturated rings. The maximum atomic E-state index is 11.2. The molecular weight excluding hydrogens is 155 g/mol. The molecule has 5 nitrogen and oxygen atoms in total. The molecule has 8 heteroatoms. The monoisotopic (exact) mass is 155 g/mol. The van der Waals surface area contributed by atoms with Gasteiger partial charge in [-0.2, -0.15) is 13.2 Å². The van der Waals surface area contributed by atoms with Crippen molar-refractivity contribution in [1.29, 1.82) is 0 Å². The van der Waals surface area contributed by atoms with Crippen LogP contribution in [0.2, 0.25) is 0 Å². The van der Waals surface area contributed by atoms with E-state index in [-0.39, 0.29) is 0 Å². The quantitative estimate of drug-likeness (QED) is 0.127. The van der Waals surface area contributed by atoms with Gasteiger partial charge in [0.25, 0.3) is 0 Å². The Morgan fingerprint density at radius 2 is 2.00 bits per heavy atom. The first kappa shape index (κ1) is 8.57. The molecule has 0 rings (SSSR count). The van der Waals surface area contributed by atoms with Crippen molar-refractivity contribution >= 4 is 5.84 Å². The number of nitro groups is 1. The predicted octanol–water partition coefficient (Wildman–Crippen LogP) is 0.454. The highest BCUT2D eigenvalue weighted by Gasteiger charge is 2.56. The molecule has 0 spiro atoms. The molecule has 0 saturated heterocycles. The third-order valence-corrected chi connectivity index (χ3v) is 0.521. The second-order valence-electron chi connectivity index (χ2n) is 1.18. The molecule has 0 amide bonds. The molecule has 0 saturated carbocycles. The first-order valence-corrected chi connectivity index (χ1v) is 1.83. The van der Waals surface area contributed by atoms with Gasteiger partial charge >= 0.3 is 12.0 Å². The van der Waals surface area contributed by atoms with Crippen LogP contribution < -0.4 is 0 Å². The van der Waals surface area contributed by atoms with Crippen LogP contribution in [-0.2, 0) is 0 Å². The number of amidine groups is 1. The lowest BCUT2D eigenvalue weighted by molar-refractivity contribution is -0.411. The summed E-state index contributed by atoms with van der Waals surface area (Å²) in [5, 5.41) is 9.37. The van der Waals surface area contributed by atoms with Crippen molar-refractivity contribution < 1.29 is 22.9 Å². The fraction of sp³-hybridized carbons (Fsp3) is 0.500. The number of nitrogens with zero attached hydrogens (tertiary/aromatic N) is 3. The number of halogens is 3. The first-order chi connectivity index (χ1) is 4.39. The molecule has 10 heavy (non-hydrogen) atoms. The van der Waals surface area contributed by atoms with E-state index in [1.54, 1.807) is 0 Å². The lowest BCUT2D eigenvalue weighted by Crippen LogP contribution is -2.31. The summed E-state index contributed by atoms with van der Waals surface area (Å²) in [5.74, 6) is -2.42. The van der Waals surface area contributed by atoms with E-state index in [0.29, 0.717) is 0 Å². The van der Waals surface area contributed by atoms with Gasteiger partial charge in [-0.15, -0.1) is 0 Å². The summed E-state index contributed by atoms with van der Waals surface area (Å²) < 4.78 is 33.7. The summed E-state index contributed by atoms with van der Waals surface area (Å²) in [6.07, 6.45) is -5.21. The summed E-state index contributed by atoms with van der Waals surface area (Å²) in [6, 6.07) is 0. The van der Waals surface area contributed by atoms with Crippen molar-refractivity contribution in [1.82, 2.24) is 0 Å². The zero-order chi connectivity index (χ0) is 8.36. The Bertz CT molecular complexity index is 202. The normalized spacial score (nSPS) is 10.3. The average Bonchev–Trinajstić information content (AvgIpc) is 1.60. The minimum atomic E-state index is -5.21. The molecule has 0 aromatic heterocycles. The Morgan fingerprint density at radius 1 is 1.60 bits per heavy atom. The molecule has 0 unspecified atom stereocenters. The molecule has 0 aliphatic heterocycles. The zero-order valence-corrected chi connectivity index (χ0v) is 4.29. The van der Waals surface area contributed by atoms with Crippen LogP contribution in [-0.4, -0.2) is 21.7 Å². The molecule has 0 heterocycles. The van der Waals surface area contributed by atoms with Crippen LogP contribution >= 0.6 is 0 Å². The van der Waals surface area contributed by atoms with E-state index in [2.05, 4.69) is 0 Å². The van der Waals surface area contributed by atoms with Gasteiger partial charge in [-0.25, -0.2) is 0 Å². The standard InChI is InChI=1S/C2F3N3O2/c3-2(4,5)1(7-6)8(9)10. The van der Waals surface area contributed by atoms with Crippen LogP contribution in [0.1, 0.15) is 0 Å². The summed E-state index contributed by atoms with van der Waals surface area (Å²) in [6.45, 7) is 0. The van der Waals surface area contributed by atoms with Gasteiger partial charge in [0, 0.05) is 0 Å². The third kappa shape index (κ3) is 1.82. The lowest BCUT2D eigenvalue weighted by atomic mass is 10.6. The van der Waals surface area contributed by atoms with Gasteiger partial charge in [0.15, 0.2) is 0 Å². The summed E-state index contributed by atoms with van der Waals surface area (Å²) in [5.41, 5.74) is 7.46. The van der Waals surface area contributed by atoms with Crippen LogP contribution in [0.5, 0.6) is 0 Å². The van der Waals surface area contributed by atoms with E-state index in [4.69, 9.17) is 5.53 Å². The van der Waals surface area contributed by atoms with Crippen LogP contribution in [0.4, 0.5) is 13.2 Å². The largest absolute Gasteiger partial charge is 0.685 e. The number of hydrogen-bond acceptors (Lipinski definition) is 2.